The van der Waals surface area contributed by atoms with E-state index in [1.54, 1.807) is 4.90 Å². The van der Waals surface area contributed by atoms with E-state index >= 15 is 0 Å². The summed E-state index contributed by atoms with van der Waals surface area (Å²) in [6, 6.07) is 0. The van der Waals surface area contributed by atoms with Crippen LogP contribution < -0.4 is 0 Å². The molecule has 0 aliphatic heterocycles. The summed E-state index contributed by atoms with van der Waals surface area (Å²) >= 11 is 0. The highest BCUT2D eigenvalue weighted by Gasteiger charge is 2.42. The number of carbonyl (C=O) groups excluding carboxylic acids is 1. The predicted molar refractivity (Wildman–Crippen MR) is 77.3 cm³/mol. The lowest BCUT2D eigenvalue weighted by Crippen LogP contribution is -2.39. The van der Waals surface area contributed by atoms with Crippen molar-refractivity contribution in [3.63, 3.8) is 0 Å². The van der Waals surface area contributed by atoms with Gasteiger partial charge in [-0.25, -0.2) is 0 Å². The maximum absolute atomic E-state index is 12.4. The molecule has 0 heterocycles. The quantitative estimate of drug-likeness (QED) is 0.788. The third-order valence-corrected chi connectivity index (χ3v) is 5.21. The van der Waals surface area contributed by atoms with Crippen LogP contribution in [0.25, 0.3) is 0 Å². The van der Waals surface area contributed by atoms with E-state index in [1.807, 2.05) is 7.05 Å². The first kappa shape index (κ1) is 15.3. The normalized spacial score (nSPS) is 28.5. The number of aliphatic carboxylic acids is 1. The Balaban J connectivity index is 1.96. The first-order chi connectivity index (χ1) is 9.44. The summed E-state index contributed by atoms with van der Waals surface area (Å²) in [5.41, 5.74) is -0.809. The van der Waals surface area contributed by atoms with Gasteiger partial charge in [-0.1, -0.05) is 32.6 Å². The lowest BCUT2D eigenvalue weighted by atomic mass is 9.77. The number of rotatable bonds is 5. The molecule has 1 amide bonds. The van der Waals surface area contributed by atoms with Crippen LogP contribution in [0.3, 0.4) is 0 Å². The highest BCUT2D eigenvalue weighted by molar-refractivity contribution is 5.85. The molecule has 2 rings (SSSR count). The minimum Gasteiger partial charge on any atom is -0.481 e. The van der Waals surface area contributed by atoms with Gasteiger partial charge in [-0.15, -0.1) is 0 Å². The highest BCUT2D eigenvalue weighted by Crippen LogP contribution is 2.40. The second kappa shape index (κ2) is 6.15. The van der Waals surface area contributed by atoms with Crippen LogP contribution in [0.2, 0.25) is 0 Å². The second-order valence-corrected chi connectivity index (χ2v) is 6.92. The van der Waals surface area contributed by atoms with E-state index in [4.69, 9.17) is 0 Å². The van der Waals surface area contributed by atoms with Crippen molar-refractivity contribution < 1.29 is 14.7 Å². The zero-order valence-electron chi connectivity index (χ0n) is 12.7. The highest BCUT2D eigenvalue weighted by atomic mass is 16.4. The number of hydrogen-bond donors (Lipinski definition) is 1. The SMILES string of the molecule is CC1CC1CN(C)C(=O)CC1(C(=O)O)CCCCCC1. The summed E-state index contributed by atoms with van der Waals surface area (Å²) in [4.78, 5) is 25.8. The van der Waals surface area contributed by atoms with E-state index in [2.05, 4.69) is 6.92 Å². The maximum Gasteiger partial charge on any atom is 0.310 e. The molecule has 114 valence electrons. The van der Waals surface area contributed by atoms with Crippen LogP contribution in [0.15, 0.2) is 0 Å². The van der Waals surface area contributed by atoms with Gasteiger partial charge in [-0.2, -0.15) is 0 Å². The van der Waals surface area contributed by atoms with E-state index < -0.39 is 11.4 Å². The molecule has 0 saturated heterocycles. The minimum absolute atomic E-state index is 0.00778. The van der Waals surface area contributed by atoms with Gasteiger partial charge in [0.15, 0.2) is 0 Å². The molecule has 1 N–H and O–H groups in total. The predicted octanol–water partition coefficient (Wildman–Crippen LogP) is 2.92. The van der Waals surface area contributed by atoms with E-state index in [-0.39, 0.29) is 12.3 Å². The average Bonchev–Trinajstić information content (AvgIpc) is 3.12. The Hall–Kier alpha value is -1.06. The van der Waals surface area contributed by atoms with Gasteiger partial charge in [-0.05, 0) is 31.1 Å². The molecular formula is C16H27NO3. The number of hydrogen-bond acceptors (Lipinski definition) is 2. The third kappa shape index (κ3) is 3.53. The molecule has 2 aliphatic carbocycles. The van der Waals surface area contributed by atoms with Gasteiger partial charge >= 0.3 is 5.97 Å². The van der Waals surface area contributed by atoms with Crippen molar-refractivity contribution in [2.45, 2.75) is 58.3 Å². The van der Waals surface area contributed by atoms with Crippen LogP contribution in [0.5, 0.6) is 0 Å². The Kier molecular flexibility index (Phi) is 4.71. The Labute approximate surface area is 121 Å². The summed E-state index contributed by atoms with van der Waals surface area (Å²) in [5, 5.41) is 9.61. The standard InChI is InChI=1S/C16H27NO3/c1-12-9-13(12)11-17(2)14(18)10-16(15(19)20)7-5-3-4-6-8-16/h12-13H,3-11H2,1-2H3,(H,19,20). The number of amides is 1. The summed E-state index contributed by atoms with van der Waals surface area (Å²) in [5.74, 6) is 0.574. The number of carboxylic acids is 1. The molecule has 0 radical (unpaired) electrons. The molecule has 2 saturated carbocycles. The monoisotopic (exact) mass is 281 g/mol. The van der Waals surface area contributed by atoms with Gasteiger partial charge in [-0.3, -0.25) is 9.59 Å². The van der Waals surface area contributed by atoms with E-state index in [9.17, 15) is 14.7 Å². The summed E-state index contributed by atoms with van der Waals surface area (Å²) in [6.45, 7) is 2.99. The molecule has 2 atom stereocenters. The van der Waals surface area contributed by atoms with Gasteiger partial charge in [0, 0.05) is 20.0 Å². The van der Waals surface area contributed by atoms with Crippen molar-refractivity contribution in [3.8, 4) is 0 Å². The lowest BCUT2D eigenvalue weighted by molar-refractivity contribution is -0.154. The van der Waals surface area contributed by atoms with Crippen LogP contribution in [-0.2, 0) is 9.59 Å². The Morgan fingerprint density at radius 2 is 1.75 bits per heavy atom. The fraction of sp³-hybridized carbons (Fsp3) is 0.875. The fourth-order valence-electron chi connectivity index (χ4n) is 3.40. The number of carboxylic acid groups (broad SMARTS) is 1. The maximum atomic E-state index is 12.4. The molecule has 4 heteroatoms. The molecule has 0 aromatic rings. The van der Waals surface area contributed by atoms with Crippen LogP contribution >= 0.6 is 0 Å². The zero-order valence-corrected chi connectivity index (χ0v) is 12.7. The number of carbonyl (C=O) groups is 2. The molecule has 2 unspecified atom stereocenters. The van der Waals surface area contributed by atoms with Crippen LogP contribution in [0, 0.1) is 17.3 Å². The van der Waals surface area contributed by atoms with Crippen molar-refractivity contribution in [2.24, 2.45) is 17.3 Å². The van der Waals surface area contributed by atoms with E-state index in [0.717, 1.165) is 38.1 Å². The van der Waals surface area contributed by atoms with Crippen molar-refractivity contribution in [3.05, 3.63) is 0 Å². The van der Waals surface area contributed by atoms with Gasteiger partial charge in [0.05, 0.1) is 5.41 Å². The lowest BCUT2D eigenvalue weighted by Gasteiger charge is -2.29. The second-order valence-electron chi connectivity index (χ2n) is 6.92. The van der Waals surface area contributed by atoms with E-state index in [0.29, 0.717) is 18.8 Å². The molecule has 2 aliphatic rings. The van der Waals surface area contributed by atoms with Gasteiger partial charge in [0.2, 0.25) is 5.91 Å². The first-order valence-corrected chi connectivity index (χ1v) is 7.92. The molecule has 0 aromatic carbocycles. The largest absolute Gasteiger partial charge is 0.481 e. The van der Waals surface area contributed by atoms with Gasteiger partial charge in [0.1, 0.15) is 0 Å². The Morgan fingerprint density at radius 3 is 2.20 bits per heavy atom. The van der Waals surface area contributed by atoms with Gasteiger partial charge < -0.3 is 10.0 Å². The van der Waals surface area contributed by atoms with Gasteiger partial charge in [0.25, 0.3) is 0 Å². The minimum atomic E-state index is -0.809. The van der Waals surface area contributed by atoms with Crippen molar-refractivity contribution in [1.29, 1.82) is 0 Å². The van der Waals surface area contributed by atoms with Crippen LogP contribution in [0.1, 0.15) is 58.3 Å². The van der Waals surface area contributed by atoms with E-state index in [1.165, 1.54) is 6.42 Å². The molecule has 0 aromatic heterocycles. The summed E-state index contributed by atoms with van der Waals surface area (Å²) in [6.07, 6.45) is 6.74. The molecule has 4 nitrogen and oxygen atoms in total. The van der Waals surface area contributed by atoms with Crippen molar-refractivity contribution in [1.82, 2.24) is 4.90 Å². The zero-order chi connectivity index (χ0) is 14.8. The van der Waals surface area contributed by atoms with Crippen molar-refractivity contribution in [2.75, 3.05) is 13.6 Å². The smallest absolute Gasteiger partial charge is 0.310 e. The van der Waals surface area contributed by atoms with Crippen LogP contribution in [-0.4, -0.2) is 35.5 Å². The fourth-order valence-corrected chi connectivity index (χ4v) is 3.40. The molecular weight excluding hydrogens is 254 g/mol. The number of nitrogens with zero attached hydrogens (tertiary/aromatic N) is 1. The summed E-state index contributed by atoms with van der Waals surface area (Å²) < 4.78 is 0. The Bertz CT molecular complexity index is 372. The topological polar surface area (TPSA) is 57.6 Å². The van der Waals surface area contributed by atoms with Crippen molar-refractivity contribution >= 4 is 11.9 Å². The summed E-state index contributed by atoms with van der Waals surface area (Å²) in [7, 11) is 1.82. The third-order valence-electron chi connectivity index (χ3n) is 5.21. The Morgan fingerprint density at radius 1 is 1.20 bits per heavy atom. The molecule has 0 spiro atoms. The average molecular weight is 281 g/mol. The van der Waals surface area contributed by atoms with Crippen LogP contribution in [0.4, 0.5) is 0 Å². The first-order valence-electron chi connectivity index (χ1n) is 7.92. The molecule has 2 fully saturated rings. The molecule has 0 bridgehead atoms. The molecule has 20 heavy (non-hydrogen) atoms.